The summed E-state index contributed by atoms with van der Waals surface area (Å²) >= 11 is 0. The third-order valence-electron chi connectivity index (χ3n) is 5.17. The van der Waals surface area contributed by atoms with Crippen molar-refractivity contribution in [2.75, 3.05) is 25.1 Å². The Morgan fingerprint density at radius 2 is 1.88 bits per heavy atom. The Labute approximate surface area is 180 Å². The highest BCUT2D eigenvalue weighted by atomic mass is 19.4. The number of carbonyl (C=O) groups is 1. The Kier molecular flexibility index (Phi) is 6.53. The molecule has 1 fully saturated rings. The lowest BCUT2D eigenvalue weighted by Gasteiger charge is -2.32. The first-order chi connectivity index (χ1) is 15.1. The molecule has 1 heterocycles. The number of ether oxygens (including phenoxy) is 2. The minimum atomic E-state index is -4.69. The van der Waals surface area contributed by atoms with Gasteiger partial charge in [-0.15, -0.1) is 0 Å². The SMILES string of the molecule is COc1cc(C#N)ccc1OC(=O)C1CCN(c2ccc(C(F)(F)F)cc2[N+](=O)[O-])CC1. The first-order valence-electron chi connectivity index (χ1n) is 9.54. The molecule has 32 heavy (non-hydrogen) atoms. The fourth-order valence-corrected chi connectivity index (χ4v) is 3.48. The summed E-state index contributed by atoms with van der Waals surface area (Å²) in [5.41, 5.74) is -1.32. The number of piperidine rings is 1. The van der Waals surface area contributed by atoms with Gasteiger partial charge in [0.2, 0.25) is 0 Å². The zero-order valence-corrected chi connectivity index (χ0v) is 16.9. The monoisotopic (exact) mass is 449 g/mol. The van der Waals surface area contributed by atoms with Gasteiger partial charge in [-0.25, -0.2) is 0 Å². The predicted octanol–water partition coefficient (Wildman–Crippen LogP) is 4.32. The third kappa shape index (κ3) is 4.91. The third-order valence-corrected chi connectivity index (χ3v) is 5.17. The number of hydrogen-bond donors (Lipinski definition) is 0. The second-order valence-electron chi connectivity index (χ2n) is 7.12. The number of nitriles is 1. The summed E-state index contributed by atoms with van der Waals surface area (Å²) in [6.45, 7) is 0.465. The standard InChI is InChI=1S/C21H18F3N3O5/c1-31-19-10-13(12-25)2-5-18(19)32-20(28)14-6-8-26(9-7-14)16-4-3-15(21(22,23)24)11-17(16)27(29)30/h2-5,10-11,14H,6-9H2,1H3. The maximum atomic E-state index is 12.9. The number of alkyl halides is 3. The van der Waals surface area contributed by atoms with Gasteiger partial charge in [0.1, 0.15) is 5.69 Å². The Bertz CT molecular complexity index is 1070. The molecule has 2 aromatic rings. The van der Waals surface area contributed by atoms with E-state index in [0.717, 1.165) is 12.1 Å². The topological polar surface area (TPSA) is 106 Å². The molecule has 11 heteroatoms. The van der Waals surface area contributed by atoms with E-state index in [1.165, 1.54) is 25.3 Å². The van der Waals surface area contributed by atoms with Gasteiger partial charge in [-0.3, -0.25) is 14.9 Å². The van der Waals surface area contributed by atoms with E-state index in [-0.39, 0.29) is 30.3 Å². The van der Waals surface area contributed by atoms with E-state index in [1.54, 1.807) is 4.90 Å². The van der Waals surface area contributed by atoms with Gasteiger partial charge in [0.25, 0.3) is 5.69 Å². The molecule has 3 rings (SSSR count). The molecular formula is C21H18F3N3O5. The van der Waals surface area contributed by atoms with Gasteiger partial charge < -0.3 is 14.4 Å². The summed E-state index contributed by atoms with van der Waals surface area (Å²) in [6, 6.07) is 8.74. The maximum Gasteiger partial charge on any atom is 0.416 e. The number of hydrogen-bond acceptors (Lipinski definition) is 7. The highest BCUT2D eigenvalue weighted by Crippen LogP contribution is 2.38. The highest BCUT2D eigenvalue weighted by molar-refractivity contribution is 5.76. The van der Waals surface area contributed by atoms with Crippen LogP contribution in [0.25, 0.3) is 0 Å². The Balaban J connectivity index is 1.70. The summed E-state index contributed by atoms with van der Waals surface area (Å²) in [6.07, 6.45) is -4.09. The summed E-state index contributed by atoms with van der Waals surface area (Å²) in [5.74, 6) is -0.623. The predicted molar refractivity (Wildman–Crippen MR) is 106 cm³/mol. The number of benzene rings is 2. The molecular weight excluding hydrogens is 431 g/mol. The van der Waals surface area contributed by atoms with E-state index < -0.39 is 34.2 Å². The molecule has 0 N–H and O–H groups in total. The average molecular weight is 449 g/mol. The van der Waals surface area contributed by atoms with Crippen molar-refractivity contribution < 1.29 is 32.4 Å². The van der Waals surface area contributed by atoms with E-state index in [4.69, 9.17) is 14.7 Å². The number of nitrogens with zero attached hydrogens (tertiary/aromatic N) is 3. The lowest BCUT2D eigenvalue weighted by atomic mass is 9.96. The van der Waals surface area contributed by atoms with Crippen molar-refractivity contribution in [2.24, 2.45) is 5.92 Å². The number of carbonyl (C=O) groups excluding carboxylic acids is 1. The van der Waals surface area contributed by atoms with Crippen LogP contribution in [0.4, 0.5) is 24.5 Å². The van der Waals surface area contributed by atoms with Crippen molar-refractivity contribution in [2.45, 2.75) is 19.0 Å². The highest BCUT2D eigenvalue weighted by Gasteiger charge is 2.35. The number of esters is 1. The van der Waals surface area contributed by atoms with E-state index in [9.17, 15) is 28.1 Å². The Hall–Kier alpha value is -3.81. The van der Waals surface area contributed by atoms with Gasteiger partial charge in [0.15, 0.2) is 11.5 Å². The lowest BCUT2D eigenvalue weighted by molar-refractivity contribution is -0.384. The lowest BCUT2D eigenvalue weighted by Crippen LogP contribution is -2.38. The number of anilines is 1. The molecule has 0 unspecified atom stereocenters. The van der Waals surface area contributed by atoms with Gasteiger partial charge in [0, 0.05) is 25.2 Å². The normalized spacial score (nSPS) is 14.5. The number of rotatable bonds is 5. The minimum Gasteiger partial charge on any atom is -0.493 e. The number of methoxy groups -OCH3 is 1. The quantitative estimate of drug-likeness (QED) is 0.290. The first kappa shape index (κ1) is 22.9. The van der Waals surface area contributed by atoms with Crippen molar-refractivity contribution in [3.63, 3.8) is 0 Å². The zero-order valence-electron chi connectivity index (χ0n) is 16.9. The summed E-state index contributed by atoms with van der Waals surface area (Å²) in [4.78, 5) is 24.6. The van der Waals surface area contributed by atoms with Crippen LogP contribution in [0.5, 0.6) is 11.5 Å². The maximum absolute atomic E-state index is 12.9. The van der Waals surface area contributed by atoms with Gasteiger partial charge in [-0.1, -0.05) is 0 Å². The Morgan fingerprint density at radius 3 is 2.44 bits per heavy atom. The first-order valence-corrected chi connectivity index (χ1v) is 9.54. The van der Waals surface area contributed by atoms with Gasteiger partial charge >= 0.3 is 12.1 Å². The van der Waals surface area contributed by atoms with Crippen LogP contribution in [0.1, 0.15) is 24.0 Å². The van der Waals surface area contributed by atoms with Crippen molar-refractivity contribution in [1.82, 2.24) is 0 Å². The summed E-state index contributed by atoms with van der Waals surface area (Å²) < 4.78 is 49.3. The second kappa shape index (κ2) is 9.13. The van der Waals surface area contributed by atoms with E-state index >= 15 is 0 Å². The largest absolute Gasteiger partial charge is 0.493 e. The van der Waals surface area contributed by atoms with Crippen molar-refractivity contribution in [3.8, 4) is 17.6 Å². The van der Waals surface area contributed by atoms with E-state index in [0.29, 0.717) is 24.5 Å². The number of halogens is 3. The van der Waals surface area contributed by atoms with Crippen LogP contribution < -0.4 is 14.4 Å². The van der Waals surface area contributed by atoms with Crippen LogP contribution in [0.2, 0.25) is 0 Å². The van der Waals surface area contributed by atoms with Gasteiger partial charge in [0.05, 0.1) is 35.1 Å². The molecule has 0 saturated carbocycles. The minimum absolute atomic E-state index is 0.0728. The van der Waals surface area contributed by atoms with Crippen molar-refractivity contribution >= 4 is 17.3 Å². The molecule has 0 bridgehead atoms. The van der Waals surface area contributed by atoms with E-state index in [2.05, 4.69) is 0 Å². The summed E-state index contributed by atoms with van der Waals surface area (Å²) in [7, 11) is 1.38. The molecule has 1 aliphatic rings. The molecule has 2 aromatic carbocycles. The molecule has 0 aliphatic carbocycles. The molecule has 0 atom stereocenters. The molecule has 0 spiro atoms. The van der Waals surface area contributed by atoms with Gasteiger partial charge in [-0.2, -0.15) is 18.4 Å². The summed E-state index contributed by atoms with van der Waals surface area (Å²) in [5, 5.41) is 20.3. The second-order valence-corrected chi connectivity index (χ2v) is 7.12. The molecule has 0 aromatic heterocycles. The molecule has 8 nitrogen and oxygen atoms in total. The van der Waals surface area contributed by atoms with Gasteiger partial charge in [-0.05, 0) is 37.1 Å². The molecule has 0 amide bonds. The van der Waals surface area contributed by atoms with Crippen LogP contribution in [0.15, 0.2) is 36.4 Å². The van der Waals surface area contributed by atoms with Crippen LogP contribution in [0, 0.1) is 27.4 Å². The Morgan fingerprint density at radius 1 is 1.19 bits per heavy atom. The van der Waals surface area contributed by atoms with E-state index in [1.807, 2.05) is 6.07 Å². The van der Waals surface area contributed by atoms with Crippen LogP contribution in [-0.4, -0.2) is 31.1 Å². The van der Waals surface area contributed by atoms with Crippen LogP contribution in [-0.2, 0) is 11.0 Å². The molecule has 1 saturated heterocycles. The zero-order chi connectivity index (χ0) is 23.5. The van der Waals surface area contributed by atoms with Crippen LogP contribution in [0.3, 0.4) is 0 Å². The van der Waals surface area contributed by atoms with Crippen molar-refractivity contribution in [3.05, 3.63) is 57.6 Å². The van der Waals surface area contributed by atoms with Crippen molar-refractivity contribution in [1.29, 1.82) is 5.26 Å². The average Bonchev–Trinajstić information content (AvgIpc) is 2.78. The number of nitro benzene ring substituents is 1. The fourth-order valence-electron chi connectivity index (χ4n) is 3.48. The number of nitro groups is 1. The van der Waals surface area contributed by atoms with Crippen LogP contribution >= 0.6 is 0 Å². The molecule has 168 valence electrons. The smallest absolute Gasteiger partial charge is 0.416 e. The molecule has 0 radical (unpaired) electrons. The molecule has 1 aliphatic heterocycles. The fraction of sp³-hybridized carbons (Fsp3) is 0.333.